The van der Waals surface area contributed by atoms with Gasteiger partial charge in [-0.25, -0.2) is 31.6 Å². The van der Waals surface area contributed by atoms with Crippen molar-refractivity contribution in [2.24, 2.45) is 5.92 Å². The number of hydrogen-bond donors (Lipinski definition) is 1. The minimum atomic E-state index is -4.61. The molecular weight excluding hydrogens is 552 g/mol. The number of benzene rings is 1. The first-order chi connectivity index (χ1) is 18.2. The monoisotopic (exact) mass is 573 g/mol. The number of rotatable bonds is 7. The number of nitrogens with zero attached hydrogens (tertiary/aromatic N) is 4. The first kappa shape index (κ1) is 28.4. The predicted molar refractivity (Wildman–Crippen MR) is 125 cm³/mol. The van der Waals surface area contributed by atoms with Gasteiger partial charge < -0.3 is 5.32 Å². The van der Waals surface area contributed by atoms with Crippen LogP contribution in [0.1, 0.15) is 24.7 Å². The lowest BCUT2D eigenvalue weighted by Crippen LogP contribution is -2.45. The van der Waals surface area contributed by atoms with Crippen molar-refractivity contribution in [2.75, 3.05) is 6.54 Å². The number of hydrogen-bond acceptors (Lipinski definition) is 6. The fraction of sp³-hybridized carbons (Fsp3) is 0.333. The molecule has 1 aromatic carbocycles. The Morgan fingerprint density at radius 2 is 1.74 bits per heavy atom. The summed E-state index contributed by atoms with van der Waals surface area (Å²) in [6.45, 7) is -0.241. The maximum absolute atomic E-state index is 14.1. The molecule has 3 heterocycles. The van der Waals surface area contributed by atoms with Crippen LogP contribution in [0.2, 0.25) is 0 Å². The number of halogens is 6. The third kappa shape index (κ3) is 6.36. The van der Waals surface area contributed by atoms with Crippen molar-refractivity contribution in [2.45, 2.75) is 42.9 Å². The molecular formula is C24H21F6N5O3S. The standard InChI is InChI=1S/C24H21F6N5O3S/c1-23(26,27)15-8-20(35(12-15)39(37,38)18-5-3-16(25)4-6-18)22(36)32-11-17-9-19(34-13-33-17)14-2-7-21(31-10-14)24(28,29)30/h2-7,9-10,13,15,20H,8,11-12H2,1H3,(H,32,36)/t15?,20-/m0/s1. The molecule has 1 unspecified atom stereocenters. The molecule has 1 saturated heterocycles. The van der Waals surface area contributed by atoms with Gasteiger partial charge in [-0.05, 0) is 55.8 Å². The predicted octanol–water partition coefficient (Wildman–Crippen LogP) is 4.05. The van der Waals surface area contributed by atoms with Gasteiger partial charge in [-0.15, -0.1) is 0 Å². The van der Waals surface area contributed by atoms with E-state index in [9.17, 15) is 39.6 Å². The normalized spacial score (nSPS) is 18.7. The highest BCUT2D eigenvalue weighted by molar-refractivity contribution is 7.89. The summed E-state index contributed by atoms with van der Waals surface area (Å²) < 4.78 is 107. The third-order valence-electron chi connectivity index (χ3n) is 6.21. The van der Waals surface area contributed by atoms with Gasteiger partial charge in [0, 0.05) is 24.2 Å². The van der Waals surface area contributed by atoms with E-state index in [1.54, 1.807) is 0 Å². The Morgan fingerprint density at radius 3 is 2.33 bits per heavy atom. The van der Waals surface area contributed by atoms with E-state index in [4.69, 9.17) is 0 Å². The van der Waals surface area contributed by atoms with Gasteiger partial charge in [-0.3, -0.25) is 9.78 Å². The van der Waals surface area contributed by atoms with E-state index < -0.39 is 64.5 Å². The maximum Gasteiger partial charge on any atom is 0.433 e. The zero-order valence-corrected chi connectivity index (χ0v) is 21.0. The van der Waals surface area contributed by atoms with Crippen LogP contribution in [0.4, 0.5) is 26.3 Å². The third-order valence-corrected chi connectivity index (χ3v) is 8.10. The smallest absolute Gasteiger partial charge is 0.349 e. The Labute approximate surface area is 219 Å². The van der Waals surface area contributed by atoms with E-state index in [1.165, 1.54) is 12.1 Å². The average molecular weight is 574 g/mol. The van der Waals surface area contributed by atoms with Crippen molar-refractivity contribution in [1.82, 2.24) is 24.6 Å². The van der Waals surface area contributed by atoms with Gasteiger partial charge in [0.1, 0.15) is 23.9 Å². The van der Waals surface area contributed by atoms with Gasteiger partial charge >= 0.3 is 6.18 Å². The quantitative estimate of drug-likeness (QED) is 0.428. The fourth-order valence-corrected chi connectivity index (χ4v) is 5.72. The summed E-state index contributed by atoms with van der Waals surface area (Å²) in [6.07, 6.45) is -2.97. The summed E-state index contributed by atoms with van der Waals surface area (Å²) in [7, 11) is -4.42. The Bertz CT molecular complexity index is 1440. The van der Waals surface area contributed by atoms with Crippen molar-refractivity contribution in [3.8, 4) is 11.3 Å². The number of alkyl halides is 5. The van der Waals surface area contributed by atoms with Crippen molar-refractivity contribution in [3.63, 3.8) is 0 Å². The van der Waals surface area contributed by atoms with Gasteiger partial charge in [-0.1, -0.05) is 0 Å². The number of sulfonamides is 1. The summed E-state index contributed by atoms with van der Waals surface area (Å²) in [4.78, 5) is 24.0. The van der Waals surface area contributed by atoms with Gasteiger partial charge in [0.2, 0.25) is 21.9 Å². The number of nitrogens with one attached hydrogen (secondary N) is 1. The van der Waals surface area contributed by atoms with Crippen LogP contribution in [0.15, 0.2) is 59.9 Å². The molecule has 2 atom stereocenters. The molecule has 4 rings (SSSR count). The molecule has 1 N–H and O–H groups in total. The number of aromatic nitrogens is 3. The van der Waals surface area contributed by atoms with E-state index >= 15 is 0 Å². The number of carbonyl (C=O) groups is 1. The van der Waals surface area contributed by atoms with Gasteiger partial charge in [-0.2, -0.15) is 17.5 Å². The first-order valence-corrected chi connectivity index (χ1v) is 12.9. The molecule has 8 nitrogen and oxygen atoms in total. The summed E-state index contributed by atoms with van der Waals surface area (Å²) in [5, 5.41) is 2.48. The van der Waals surface area contributed by atoms with Crippen LogP contribution in [0.25, 0.3) is 11.3 Å². The lowest BCUT2D eigenvalue weighted by molar-refractivity contribution is -0.141. The zero-order valence-electron chi connectivity index (χ0n) is 20.2. The van der Waals surface area contributed by atoms with Crippen molar-refractivity contribution >= 4 is 15.9 Å². The lowest BCUT2D eigenvalue weighted by Gasteiger charge is -2.23. The highest BCUT2D eigenvalue weighted by Crippen LogP contribution is 2.38. The van der Waals surface area contributed by atoms with Crippen LogP contribution >= 0.6 is 0 Å². The second-order valence-corrected chi connectivity index (χ2v) is 10.9. The van der Waals surface area contributed by atoms with Crippen LogP contribution in [0.3, 0.4) is 0 Å². The van der Waals surface area contributed by atoms with Crippen LogP contribution in [0.5, 0.6) is 0 Å². The van der Waals surface area contributed by atoms with Crippen LogP contribution < -0.4 is 5.32 Å². The van der Waals surface area contributed by atoms with E-state index in [-0.39, 0.29) is 28.4 Å². The fourth-order valence-electron chi connectivity index (χ4n) is 4.08. The minimum absolute atomic E-state index is 0.211. The van der Waals surface area contributed by atoms with E-state index in [0.717, 1.165) is 42.9 Å². The van der Waals surface area contributed by atoms with E-state index in [0.29, 0.717) is 11.2 Å². The van der Waals surface area contributed by atoms with Gasteiger partial charge in [0.05, 0.1) is 22.8 Å². The van der Waals surface area contributed by atoms with Crippen LogP contribution in [-0.4, -0.2) is 52.1 Å². The molecule has 3 aromatic rings. The maximum atomic E-state index is 14.1. The molecule has 208 valence electrons. The summed E-state index contributed by atoms with van der Waals surface area (Å²) >= 11 is 0. The number of pyridine rings is 1. The highest BCUT2D eigenvalue weighted by Gasteiger charge is 2.50. The zero-order chi connectivity index (χ0) is 28.6. The first-order valence-electron chi connectivity index (χ1n) is 11.4. The summed E-state index contributed by atoms with van der Waals surface area (Å²) in [5.74, 6) is -6.27. The Morgan fingerprint density at radius 1 is 1.05 bits per heavy atom. The summed E-state index contributed by atoms with van der Waals surface area (Å²) in [6, 6.07) is 5.64. The second kappa shape index (κ2) is 10.5. The molecule has 1 aliphatic rings. The molecule has 0 aliphatic carbocycles. The number of amides is 1. The van der Waals surface area contributed by atoms with Gasteiger partial charge in [0.15, 0.2) is 0 Å². The van der Waals surface area contributed by atoms with Crippen LogP contribution in [0, 0.1) is 11.7 Å². The molecule has 2 aromatic heterocycles. The topological polar surface area (TPSA) is 105 Å². The molecule has 1 fully saturated rings. The minimum Gasteiger partial charge on any atom is -0.349 e. The molecule has 0 radical (unpaired) electrons. The molecule has 39 heavy (non-hydrogen) atoms. The largest absolute Gasteiger partial charge is 0.433 e. The van der Waals surface area contributed by atoms with Crippen molar-refractivity contribution in [3.05, 3.63) is 72.2 Å². The molecule has 1 aliphatic heterocycles. The lowest BCUT2D eigenvalue weighted by atomic mass is 9.99. The number of carbonyl (C=O) groups excluding carboxylic acids is 1. The highest BCUT2D eigenvalue weighted by atomic mass is 32.2. The Kier molecular flexibility index (Phi) is 7.67. The second-order valence-electron chi connectivity index (χ2n) is 8.98. The van der Waals surface area contributed by atoms with E-state index in [1.807, 2.05) is 0 Å². The van der Waals surface area contributed by atoms with Crippen molar-refractivity contribution in [1.29, 1.82) is 0 Å². The van der Waals surface area contributed by atoms with Crippen molar-refractivity contribution < 1.29 is 39.6 Å². The van der Waals surface area contributed by atoms with E-state index in [2.05, 4.69) is 20.3 Å². The molecule has 1 amide bonds. The molecule has 15 heteroatoms. The average Bonchev–Trinajstić information content (AvgIpc) is 3.35. The molecule has 0 saturated carbocycles. The van der Waals surface area contributed by atoms with Gasteiger partial charge in [0.25, 0.3) is 0 Å². The summed E-state index contributed by atoms with van der Waals surface area (Å²) in [5.41, 5.74) is -0.405. The van der Waals surface area contributed by atoms with Crippen LogP contribution in [-0.2, 0) is 27.5 Å². The molecule has 0 bridgehead atoms. The Balaban J connectivity index is 1.52. The molecule has 0 spiro atoms. The SMILES string of the molecule is CC(F)(F)C1C[C@@H](C(=O)NCc2cc(-c3ccc(C(F)(F)F)nc3)ncn2)N(S(=O)(=O)c2ccc(F)cc2)C1. The Hall–Kier alpha value is -3.59.